The minimum absolute atomic E-state index is 0.0122. The summed E-state index contributed by atoms with van der Waals surface area (Å²) < 4.78 is 38.7. The van der Waals surface area contributed by atoms with E-state index in [-0.39, 0.29) is 16.6 Å². The topological polar surface area (TPSA) is 69.8 Å². The van der Waals surface area contributed by atoms with Gasteiger partial charge in [0.2, 0.25) is 0 Å². The van der Waals surface area contributed by atoms with Crippen molar-refractivity contribution in [1.82, 2.24) is 15.5 Å². The molecular formula is C21H26ClF3N4O. The third-order valence-corrected chi connectivity index (χ3v) is 5.84. The van der Waals surface area contributed by atoms with Crippen molar-refractivity contribution in [3.05, 3.63) is 46.1 Å². The van der Waals surface area contributed by atoms with Crippen LogP contribution in [0.25, 0.3) is 0 Å². The molecule has 0 spiro atoms. The highest BCUT2D eigenvalue weighted by atomic mass is 35.5. The van der Waals surface area contributed by atoms with Crippen LogP contribution in [0.1, 0.15) is 67.1 Å². The number of benzene rings is 1. The number of hydrogen-bond acceptors (Lipinski definition) is 3. The van der Waals surface area contributed by atoms with Crippen LogP contribution in [0.5, 0.6) is 0 Å². The summed E-state index contributed by atoms with van der Waals surface area (Å²) in [6, 6.07) is 4.73. The summed E-state index contributed by atoms with van der Waals surface area (Å²) in [5, 5.41) is 13.5. The predicted octanol–water partition coefficient (Wildman–Crippen LogP) is 5.61. The number of alkyl halides is 3. The summed E-state index contributed by atoms with van der Waals surface area (Å²) in [7, 11) is 0. The maximum absolute atomic E-state index is 12.9. The lowest BCUT2D eigenvalue weighted by molar-refractivity contribution is -0.137. The molecule has 0 saturated heterocycles. The Morgan fingerprint density at radius 1 is 1.23 bits per heavy atom. The van der Waals surface area contributed by atoms with Gasteiger partial charge in [-0.3, -0.25) is 9.89 Å². The third-order valence-electron chi connectivity index (χ3n) is 5.51. The molecule has 3 rings (SSSR count). The Bertz CT molecular complexity index is 873. The zero-order chi connectivity index (χ0) is 21.9. The van der Waals surface area contributed by atoms with Crippen LogP contribution in [0, 0.1) is 5.92 Å². The van der Waals surface area contributed by atoms with Crippen molar-refractivity contribution in [2.45, 2.75) is 57.7 Å². The van der Waals surface area contributed by atoms with Crippen LogP contribution >= 0.6 is 11.6 Å². The van der Waals surface area contributed by atoms with E-state index in [4.69, 9.17) is 11.6 Å². The molecule has 164 valence electrons. The summed E-state index contributed by atoms with van der Waals surface area (Å²) in [5.74, 6) is 1.10. The van der Waals surface area contributed by atoms with Gasteiger partial charge in [0.05, 0.1) is 16.1 Å². The van der Waals surface area contributed by atoms with E-state index in [0.29, 0.717) is 11.8 Å². The Hall–Kier alpha value is -2.22. The number of carbonyl (C=O) groups excluding carboxylic acids is 1. The number of rotatable bonds is 6. The van der Waals surface area contributed by atoms with Gasteiger partial charge in [-0.15, -0.1) is 0 Å². The molecule has 1 aliphatic rings. The first-order valence-corrected chi connectivity index (χ1v) is 10.5. The first-order chi connectivity index (χ1) is 14.1. The molecule has 9 heteroatoms. The monoisotopic (exact) mass is 442 g/mol. The largest absolute Gasteiger partial charge is 0.416 e. The van der Waals surface area contributed by atoms with Gasteiger partial charge in [0.15, 0.2) is 0 Å². The number of hydrogen-bond donors (Lipinski definition) is 3. The summed E-state index contributed by atoms with van der Waals surface area (Å²) in [4.78, 5) is 12.5. The lowest BCUT2D eigenvalue weighted by Crippen LogP contribution is -2.38. The average Bonchev–Trinajstić information content (AvgIpc) is 3.16. The number of nitrogens with zero attached hydrogens (tertiary/aromatic N) is 1. The molecule has 1 aromatic carbocycles. The average molecular weight is 443 g/mol. The van der Waals surface area contributed by atoms with Crippen LogP contribution in [-0.2, 0) is 6.18 Å². The van der Waals surface area contributed by atoms with E-state index in [1.807, 2.05) is 6.07 Å². The number of aromatic amines is 1. The molecule has 0 atom stereocenters. The molecule has 2 aromatic rings. The van der Waals surface area contributed by atoms with Crippen LogP contribution in [0.4, 0.5) is 19.0 Å². The molecule has 0 radical (unpaired) electrons. The van der Waals surface area contributed by atoms with Crippen molar-refractivity contribution in [2.75, 3.05) is 11.9 Å². The first kappa shape index (κ1) is 22.5. The number of halogens is 4. The molecular weight excluding hydrogens is 417 g/mol. The fourth-order valence-corrected chi connectivity index (χ4v) is 3.82. The van der Waals surface area contributed by atoms with Crippen LogP contribution in [0.3, 0.4) is 0 Å². The van der Waals surface area contributed by atoms with Crippen LogP contribution < -0.4 is 10.6 Å². The Balaban J connectivity index is 1.49. The zero-order valence-electron chi connectivity index (χ0n) is 16.9. The Kier molecular flexibility index (Phi) is 6.95. The minimum atomic E-state index is -4.52. The van der Waals surface area contributed by atoms with Crippen LogP contribution in [-0.4, -0.2) is 28.7 Å². The van der Waals surface area contributed by atoms with Crippen LogP contribution in [0.2, 0.25) is 5.02 Å². The highest BCUT2D eigenvalue weighted by Crippen LogP contribution is 2.32. The number of carbonyl (C=O) groups is 1. The second-order valence-electron chi connectivity index (χ2n) is 8.13. The smallest absolute Gasteiger partial charge is 0.368 e. The fourth-order valence-electron chi connectivity index (χ4n) is 3.62. The van der Waals surface area contributed by atoms with Gasteiger partial charge in [-0.25, -0.2) is 0 Å². The van der Waals surface area contributed by atoms with E-state index < -0.39 is 17.6 Å². The highest BCUT2D eigenvalue weighted by molar-refractivity contribution is 6.33. The van der Waals surface area contributed by atoms with E-state index in [1.54, 1.807) is 0 Å². The summed E-state index contributed by atoms with van der Waals surface area (Å²) in [5.41, 5.74) is 0.0535. The quantitative estimate of drug-likeness (QED) is 0.545. The molecule has 1 aliphatic carbocycles. The lowest BCUT2D eigenvalue weighted by atomic mass is 9.86. The molecule has 5 nitrogen and oxygen atoms in total. The van der Waals surface area contributed by atoms with E-state index >= 15 is 0 Å². The second-order valence-corrected chi connectivity index (χ2v) is 8.53. The summed E-state index contributed by atoms with van der Waals surface area (Å²) in [6.07, 6.45) is -1.15. The zero-order valence-corrected chi connectivity index (χ0v) is 17.7. The van der Waals surface area contributed by atoms with Gasteiger partial charge in [-0.1, -0.05) is 25.4 Å². The highest BCUT2D eigenvalue weighted by Gasteiger charge is 2.32. The van der Waals surface area contributed by atoms with Crippen molar-refractivity contribution >= 4 is 23.3 Å². The van der Waals surface area contributed by atoms with Gasteiger partial charge in [-0.05, 0) is 55.7 Å². The normalized spacial score (nSPS) is 19.7. The first-order valence-electron chi connectivity index (χ1n) is 10.1. The van der Waals surface area contributed by atoms with Crippen molar-refractivity contribution in [2.24, 2.45) is 5.92 Å². The fraction of sp³-hybridized carbons (Fsp3) is 0.524. The van der Waals surface area contributed by atoms with E-state index in [1.165, 1.54) is 0 Å². The molecule has 0 aliphatic heterocycles. The summed E-state index contributed by atoms with van der Waals surface area (Å²) in [6.45, 7) is 4.99. The molecule has 1 saturated carbocycles. The third kappa shape index (κ3) is 5.68. The molecule has 30 heavy (non-hydrogen) atoms. The van der Waals surface area contributed by atoms with Crippen molar-refractivity contribution in [1.29, 1.82) is 0 Å². The van der Waals surface area contributed by atoms with Gasteiger partial charge in [0.25, 0.3) is 5.91 Å². The summed E-state index contributed by atoms with van der Waals surface area (Å²) >= 11 is 5.96. The van der Waals surface area contributed by atoms with Crippen molar-refractivity contribution in [3.63, 3.8) is 0 Å². The number of anilines is 1. The standard InChI is InChI=1S/C21H26ClF3N4O/c1-12(2)18-10-19(29-28-18)26-11-13-3-6-15(7-4-13)27-20(30)16-9-14(21(23,24)25)5-8-17(16)22/h5,8-10,12-13,15H,3-4,6-7,11H2,1-2H3,(H,27,30)(H2,26,28,29). The second kappa shape index (κ2) is 9.29. The van der Waals surface area contributed by atoms with Gasteiger partial charge in [0, 0.05) is 24.3 Å². The van der Waals surface area contributed by atoms with E-state index in [2.05, 4.69) is 34.7 Å². The molecule has 3 N–H and O–H groups in total. The number of H-pyrrole nitrogens is 1. The molecule has 1 heterocycles. The number of amides is 1. The van der Waals surface area contributed by atoms with E-state index in [0.717, 1.165) is 61.9 Å². The number of nitrogens with one attached hydrogen (secondary N) is 3. The van der Waals surface area contributed by atoms with E-state index in [9.17, 15) is 18.0 Å². The van der Waals surface area contributed by atoms with Gasteiger partial charge < -0.3 is 10.6 Å². The molecule has 1 aromatic heterocycles. The number of aromatic nitrogens is 2. The Morgan fingerprint density at radius 3 is 2.53 bits per heavy atom. The van der Waals surface area contributed by atoms with Crippen molar-refractivity contribution in [3.8, 4) is 0 Å². The SMILES string of the molecule is CC(C)c1cc(NCC2CCC(NC(=O)c3cc(C(F)(F)F)ccc3Cl)CC2)n[nH]1. The Labute approximate surface area is 178 Å². The van der Waals surface area contributed by atoms with Gasteiger partial charge in [-0.2, -0.15) is 18.3 Å². The van der Waals surface area contributed by atoms with Crippen molar-refractivity contribution < 1.29 is 18.0 Å². The van der Waals surface area contributed by atoms with Crippen LogP contribution in [0.15, 0.2) is 24.3 Å². The maximum Gasteiger partial charge on any atom is 0.416 e. The molecule has 0 unspecified atom stereocenters. The molecule has 0 bridgehead atoms. The maximum atomic E-state index is 12.9. The lowest BCUT2D eigenvalue weighted by Gasteiger charge is -2.29. The minimum Gasteiger partial charge on any atom is -0.368 e. The Morgan fingerprint density at radius 2 is 1.93 bits per heavy atom. The van der Waals surface area contributed by atoms with Gasteiger partial charge >= 0.3 is 6.18 Å². The van der Waals surface area contributed by atoms with Gasteiger partial charge in [0.1, 0.15) is 5.82 Å². The molecule has 1 amide bonds. The predicted molar refractivity (Wildman–Crippen MR) is 111 cm³/mol. The molecule has 1 fully saturated rings.